The largest absolute Gasteiger partial charge is 0.470 e. The second-order valence-corrected chi connectivity index (χ2v) is 15.4. The van der Waals surface area contributed by atoms with Crippen LogP contribution in [-0.2, 0) is 13.2 Å². The van der Waals surface area contributed by atoms with Gasteiger partial charge in [-0.2, -0.15) is 0 Å². The number of aromatic nitrogens is 2. The Balaban J connectivity index is 0.000000169. The summed E-state index contributed by atoms with van der Waals surface area (Å²) in [5, 5.41) is 41.2. The Labute approximate surface area is 319 Å². The van der Waals surface area contributed by atoms with Crippen molar-refractivity contribution in [2.24, 2.45) is 23.7 Å². The molecule has 2 aromatic carbocycles. The van der Waals surface area contributed by atoms with Gasteiger partial charge in [0.15, 0.2) is 11.5 Å². The fourth-order valence-corrected chi connectivity index (χ4v) is 8.59. The SMILES string of the molecule is C[C@@H]1C=CC[C@H]2[C@H](N(C)C)c3onc(OCc4ccccc4)c3C(=O)[C@@]12O.C[C@@H]1[C@H](O)C=C[C@H]2[C@H](N(C)C)c3onc(OCc4ccccc4)c3C(=O)[C@@]12O. The van der Waals surface area contributed by atoms with Crippen LogP contribution in [0.2, 0.25) is 0 Å². The maximum atomic E-state index is 13.4. The monoisotopic (exact) mass is 752 g/mol. The number of nitrogens with zero attached hydrogens (tertiary/aromatic N) is 4. The van der Waals surface area contributed by atoms with Crippen molar-refractivity contribution in [2.75, 3.05) is 28.2 Å². The van der Waals surface area contributed by atoms with Crippen LogP contribution in [0.4, 0.5) is 0 Å². The Morgan fingerprint density at radius 1 is 0.727 bits per heavy atom. The van der Waals surface area contributed by atoms with Gasteiger partial charge in [0.25, 0.3) is 11.8 Å². The molecule has 0 aliphatic heterocycles. The molecule has 0 saturated heterocycles. The van der Waals surface area contributed by atoms with E-state index in [4.69, 9.17) is 18.5 Å². The highest BCUT2D eigenvalue weighted by molar-refractivity contribution is 6.07. The highest BCUT2D eigenvalue weighted by Gasteiger charge is 2.61. The fourth-order valence-electron chi connectivity index (χ4n) is 8.59. The predicted octanol–water partition coefficient (Wildman–Crippen LogP) is 4.96. The van der Waals surface area contributed by atoms with Gasteiger partial charge in [-0.25, -0.2) is 0 Å². The van der Waals surface area contributed by atoms with Gasteiger partial charge in [0, 0.05) is 23.7 Å². The second kappa shape index (κ2) is 15.0. The minimum atomic E-state index is -1.77. The molecule has 0 bridgehead atoms. The smallest absolute Gasteiger partial charge is 0.265 e. The summed E-state index contributed by atoms with van der Waals surface area (Å²) < 4.78 is 22.7. The molecule has 2 aromatic heterocycles. The van der Waals surface area contributed by atoms with Gasteiger partial charge in [-0.05, 0) is 56.1 Å². The van der Waals surface area contributed by atoms with E-state index < -0.39 is 41.0 Å². The van der Waals surface area contributed by atoms with Crippen LogP contribution in [-0.4, -0.2) is 92.5 Å². The molecule has 0 fully saturated rings. The molecule has 13 heteroatoms. The molecule has 0 unspecified atom stereocenters. The number of hydrogen-bond acceptors (Lipinski definition) is 13. The first-order valence-corrected chi connectivity index (χ1v) is 18.5. The van der Waals surface area contributed by atoms with E-state index in [1.54, 1.807) is 19.1 Å². The number of aliphatic hydroxyl groups is 3. The molecule has 8 rings (SSSR count). The zero-order valence-electron chi connectivity index (χ0n) is 31.8. The van der Waals surface area contributed by atoms with E-state index in [1.165, 1.54) is 0 Å². The third-order valence-corrected chi connectivity index (χ3v) is 11.7. The first-order valence-electron chi connectivity index (χ1n) is 18.5. The molecule has 0 spiro atoms. The van der Waals surface area contributed by atoms with E-state index in [1.807, 2.05) is 118 Å². The van der Waals surface area contributed by atoms with Crippen LogP contribution in [0.5, 0.6) is 11.8 Å². The Hall–Kier alpha value is -4.92. The van der Waals surface area contributed by atoms with E-state index in [0.717, 1.165) is 11.1 Å². The molecule has 4 aliphatic rings. The van der Waals surface area contributed by atoms with Crippen molar-refractivity contribution in [1.82, 2.24) is 20.1 Å². The molecule has 0 amide bonds. The van der Waals surface area contributed by atoms with Crippen molar-refractivity contribution < 1.29 is 43.4 Å². The number of carbonyl (C=O) groups is 2. The molecule has 2 heterocycles. The maximum absolute atomic E-state index is 13.4. The van der Waals surface area contributed by atoms with Crippen LogP contribution in [0.3, 0.4) is 0 Å². The highest BCUT2D eigenvalue weighted by atomic mass is 16.5. The summed E-state index contributed by atoms with van der Waals surface area (Å²) in [5.41, 5.74) is -0.951. The molecule has 0 saturated carbocycles. The number of carbonyl (C=O) groups excluding carboxylic acids is 2. The third kappa shape index (κ3) is 6.43. The highest BCUT2D eigenvalue weighted by Crippen LogP contribution is 2.53. The number of fused-ring (bicyclic) bond motifs is 4. The van der Waals surface area contributed by atoms with Crippen molar-refractivity contribution in [1.29, 1.82) is 0 Å². The molecular weight excluding hydrogens is 704 g/mol. The minimum absolute atomic E-state index is 0.0684. The fraction of sp³-hybridized carbons (Fsp3) is 0.429. The predicted molar refractivity (Wildman–Crippen MR) is 200 cm³/mol. The summed E-state index contributed by atoms with van der Waals surface area (Å²) in [7, 11) is 7.53. The first-order chi connectivity index (χ1) is 26.3. The van der Waals surface area contributed by atoms with E-state index in [0.29, 0.717) is 17.9 Å². The average Bonchev–Trinajstić information content (AvgIpc) is 3.79. The van der Waals surface area contributed by atoms with Crippen LogP contribution in [0.15, 0.2) is 94.0 Å². The minimum Gasteiger partial charge on any atom is -0.470 e. The maximum Gasteiger partial charge on any atom is 0.265 e. The topological polar surface area (TPSA) is 172 Å². The van der Waals surface area contributed by atoms with Crippen molar-refractivity contribution in [3.63, 3.8) is 0 Å². The molecule has 3 N–H and O–H groups in total. The lowest BCUT2D eigenvalue weighted by Gasteiger charge is -2.48. The third-order valence-electron chi connectivity index (χ3n) is 11.7. The number of ether oxygens (including phenoxy) is 2. The molecule has 13 nitrogen and oxygen atoms in total. The number of hydrogen-bond donors (Lipinski definition) is 3. The van der Waals surface area contributed by atoms with Gasteiger partial charge in [0.2, 0.25) is 11.6 Å². The summed E-state index contributed by atoms with van der Waals surface area (Å²) in [6.45, 7) is 4.04. The van der Waals surface area contributed by atoms with Crippen molar-refractivity contribution in [2.45, 2.75) is 62.9 Å². The van der Waals surface area contributed by atoms with Gasteiger partial charge < -0.3 is 33.8 Å². The van der Waals surface area contributed by atoms with Crippen LogP contribution in [0.25, 0.3) is 0 Å². The summed E-state index contributed by atoms with van der Waals surface area (Å²) in [6.07, 6.45) is 6.95. The molecule has 55 heavy (non-hydrogen) atoms. The van der Waals surface area contributed by atoms with Crippen LogP contribution < -0.4 is 9.47 Å². The van der Waals surface area contributed by atoms with Crippen molar-refractivity contribution in [3.8, 4) is 11.8 Å². The molecule has 0 radical (unpaired) electrons. The van der Waals surface area contributed by atoms with Gasteiger partial charge in [-0.1, -0.05) is 98.8 Å². The summed E-state index contributed by atoms with van der Waals surface area (Å²) in [4.78, 5) is 30.6. The summed E-state index contributed by atoms with van der Waals surface area (Å²) in [6, 6.07) is 18.5. The molecule has 9 atom stereocenters. The Morgan fingerprint density at radius 2 is 1.22 bits per heavy atom. The standard InChI is InChI=1S/C21H24N2O5.C21H24N2O4/c1-12-15(24)10-9-14-17(23(2)3)18-16(19(25)21(12,14)26)20(22-28-18)27-11-13-7-5-4-6-8-13;1-13-8-7-11-15-17(23(2)3)18-16(19(24)21(13,15)25)20(22-27-18)26-12-14-9-5-4-6-10-14/h4-10,12,14-15,17,24,26H,11H2,1-3H3;4-10,13,15,17,25H,11-12H2,1-3H3/t12-,14+,15-,17+,21-;13-,15+,17+,21-/m11/s1. The van der Waals surface area contributed by atoms with Crippen LogP contribution in [0.1, 0.15) is 75.7 Å². The lowest BCUT2D eigenvalue weighted by molar-refractivity contribution is -0.0861. The molecule has 4 aromatic rings. The Morgan fingerprint density at radius 3 is 1.73 bits per heavy atom. The van der Waals surface area contributed by atoms with Gasteiger partial charge >= 0.3 is 0 Å². The number of rotatable bonds is 8. The van der Waals surface area contributed by atoms with Gasteiger partial charge in [-0.3, -0.25) is 19.4 Å². The quantitative estimate of drug-likeness (QED) is 0.207. The molecule has 4 aliphatic carbocycles. The zero-order valence-corrected chi connectivity index (χ0v) is 31.8. The zero-order chi connectivity index (χ0) is 39.2. The van der Waals surface area contributed by atoms with Crippen LogP contribution in [0, 0.1) is 23.7 Å². The summed E-state index contributed by atoms with van der Waals surface area (Å²) in [5.74, 6) is -1.63. The molecular formula is C42H48N4O9. The number of aliphatic hydroxyl groups excluding tert-OH is 1. The van der Waals surface area contributed by atoms with E-state index in [9.17, 15) is 24.9 Å². The Kier molecular flexibility index (Phi) is 10.4. The second-order valence-electron chi connectivity index (χ2n) is 15.4. The lowest BCUT2D eigenvalue weighted by atomic mass is 9.61. The van der Waals surface area contributed by atoms with E-state index in [-0.39, 0.29) is 59.8 Å². The van der Waals surface area contributed by atoms with E-state index in [2.05, 4.69) is 10.3 Å². The number of benzene rings is 2. The number of Topliss-reactive ketones (excluding diaryl/α,β-unsaturated/α-hetero) is 2. The van der Waals surface area contributed by atoms with Crippen LogP contribution >= 0.6 is 0 Å². The Bertz CT molecular complexity index is 2080. The van der Waals surface area contributed by atoms with Gasteiger partial charge in [-0.15, -0.1) is 0 Å². The van der Waals surface area contributed by atoms with Crippen molar-refractivity contribution in [3.05, 3.63) is 119 Å². The lowest BCUT2D eigenvalue weighted by Crippen LogP contribution is -2.61. The molecule has 290 valence electrons. The number of ketones is 2. The average molecular weight is 753 g/mol. The number of allylic oxidation sites excluding steroid dienone is 1. The summed E-state index contributed by atoms with van der Waals surface area (Å²) >= 11 is 0. The van der Waals surface area contributed by atoms with Crippen molar-refractivity contribution >= 4 is 11.6 Å². The first kappa shape index (κ1) is 38.4. The van der Waals surface area contributed by atoms with Gasteiger partial charge in [0.1, 0.15) is 35.5 Å². The normalized spacial score (nSPS) is 30.6. The van der Waals surface area contributed by atoms with Gasteiger partial charge in [0.05, 0.1) is 18.2 Å². The van der Waals surface area contributed by atoms with E-state index >= 15 is 0 Å².